The number of hydrogen-bond donors (Lipinski definition) is 1. The van der Waals surface area contributed by atoms with Gasteiger partial charge in [-0.15, -0.1) is 0 Å². The van der Waals surface area contributed by atoms with Crippen molar-refractivity contribution in [1.29, 1.82) is 0 Å². The third kappa shape index (κ3) is 4.94. The van der Waals surface area contributed by atoms with Crippen LogP contribution in [0.2, 0.25) is 0 Å². The van der Waals surface area contributed by atoms with Crippen molar-refractivity contribution < 1.29 is 0 Å². The molecule has 1 nitrogen and oxygen atoms in total. The van der Waals surface area contributed by atoms with Crippen LogP contribution < -0.4 is 5.32 Å². The third-order valence-corrected chi connectivity index (χ3v) is 4.60. The highest BCUT2D eigenvalue weighted by molar-refractivity contribution is 5.25. The van der Waals surface area contributed by atoms with Gasteiger partial charge in [0, 0.05) is 6.54 Å². The number of benzene rings is 1. The van der Waals surface area contributed by atoms with Crippen molar-refractivity contribution in [3.63, 3.8) is 0 Å². The summed E-state index contributed by atoms with van der Waals surface area (Å²) in [5.74, 6) is 1.29. The monoisotopic (exact) mass is 275 g/mol. The zero-order valence-corrected chi connectivity index (χ0v) is 14.3. The Kier molecular flexibility index (Phi) is 6.75. The van der Waals surface area contributed by atoms with Gasteiger partial charge < -0.3 is 5.32 Å². The van der Waals surface area contributed by atoms with Gasteiger partial charge in [0.1, 0.15) is 0 Å². The summed E-state index contributed by atoms with van der Waals surface area (Å²) in [5, 5.41) is 3.61. The molecule has 1 N–H and O–H groups in total. The molecule has 0 bridgehead atoms. The normalized spacial score (nSPS) is 14.8. The van der Waals surface area contributed by atoms with Crippen LogP contribution >= 0.6 is 0 Å². The van der Waals surface area contributed by atoms with E-state index in [2.05, 4.69) is 71.1 Å². The molecule has 0 aliphatic rings. The van der Waals surface area contributed by atoms with Crippen LogP contribution in [0.1, 0.15) is 65.0 Å². The van der Waals surface area contributed by atoms with E-state index in [1.807, 2.05) is 0 Å². The molecule has 114 valence electrons. The van der Waals surface area contributed by atoms with E-state index in [9.17, 15) is 0 Å². The molecular formula is C19H33N. The molecule has 1 aromatic carbocycles. The molecule has 0 heterocycles. The Morgan fingerprint density at radius 3 is 2.10 bits per heavy atom. The molecular weight excluding hydrogens is 242 g/mol. The van der Waals surface area contributed by atoms with E-state index in [1.165, 1.54) is 17.5 Å². The van der Waals surface area contributed by atoms with Gasteiger partial charge in [-0.25, -0.2) is 0 Å². The summed E-state index contributed by atoms with van der Waals surface area (Å²) in [6.07, 6.45) is 2.36. The average molecular weight is 275 g/mol. The molecule has 1 aromatic rings. The minimum absolute atomic E-state index is 0.328. The smallest absolute Gasteiger partial charge is 0.00108 e. The van der Waals surface area contributed by atoms with Crippen LogP contribution in [0.25, 0.3) is 0 Å². The average Bonchev–Trinajstić information content (AvgIpc) is 2.39. The van der Waals surface area contributed by atoms with E-state index in [1.54, 1.807) is 0 Å². The molecule has 0 aliphatic heterocycles. The predicted octanol–water partition coefficient (Wildman–Crippen LogP) is 5.01. The maximum atomic E-state index is 3.61. The van der Waals surface area contributed by atoms with Crippen molar-refractivity contribution in [3.05, 3.63) is 35.4 Å². The highest BCUT2D eigenvalue weighted by Gasteiger charge is 2.28. The third-order valence-electron chi connectivity index (χ3n) is 4.60. The van der Waals surface area contributed by atoms with Gasteiger partial charge in [0.25, 0.3) is 0 Å². The first-order chi connectivity index (χ1) is 9.39. The number of hydrogen-bond acceptors (Lipinski definition) is 1. The van der Waals surface area contributed by atoms with Gasteiger partial charge in [-0.3, -0.25) is 0 Å². The van der Waals surface area contributed by atoms with Gasteiger partial charge in [0.15, 0.2) is 0 Å². The van der Waals surface area contributed by atoms with Crippen LogP contribution in [0.15, 0.2) is 24.3 Å². The lowest BCUT2D eigenvalue weighted by Gasteiger charge is -2.34. The minimum Gasteiger partial charge on any atom is -0.316 e. The van der Waals surface area contributed by atoms with Crippen LogP contribution in [-0.4, -0.2) is 13.1 Å². The van der Waals surface area contributed by atoms with Crippen LogP contribution in [-0.2, 0) is 6.42 Å². The fourth-order valence-electron chi connectivity index (χ4n) is 2.51. The van der Waals surface area contributed by atoms with Crippen molar-refractivity contribution in [2.24, 2.45) is 11.3 Å². The lowest BCUT2D eigenvalue weighted by atomic mass is 9.74. The van der Waals surface area contributed by atoms with Crippen molar-refractivity contribution >= 4 is 0 Å². The summed E-state index contributed by atoms with van der Waals surface area (Å²) < 4.78 is 0. The van der Waals surface area contributed by atoms with E-state index in [-0.39, 0.29) is 0 Å². The molecule has 1 heteroatoms. The molecule has 1 rings (SSSR count). The highest BCUT2D eigenvalue weighted by atomic mass is 14.9. The van der Waals surface area contributed by atoms with Gasteiger partial charge in [-0.1, -0.05) is 65.8 Å². The minimum atomic E-state index is 0.328. The fourth-order valence-corrected chi connectivity index (χ4v) is 2.51. The fraction of sp³-hybridized carbons (Fsp3) is 0.684. The summed E-state index contributed by atoms with van der Waals surface area (Å²) >= 11 is 0. The van der Waals surface area contributed by atoms with Crippen LogP contribution in [0.4, 0.5) is 0 Å². The Bertz CT molecular complexity index is 377. The lowest BCUT2D eigenvalue weighted by Crippen LogP contribution is -2.38. The summed E-state index contributed by atoms with van der Waals surface area (Å²) in [7, 11) is 0. The zero-order chi connectivity index (χ0) is 15.2. The Hall–Kier alpha value is -0.820. The topological polar surface area (TPSA) is 12.0 Å². The molecule has 0 amide bonds. The maximum Gasteiger partial charge on any atom is 0.00108 e. The van der Waals surface area contributed by atoms with E-state index in [0.29, 0.717) is 17.3 Å². The Balaban J connectivity index is 2.74. The molecule has 0 aliphatic carbocycles. The zero-order valence-electron chi connectivity index (χ0n) is 14.3. The number of nitrogens with one attached hydrogen (secondary N) is 1. The van der Waals surface area contributed by atoms with Gasteiger partial charge in [-0.05, 0) is 47.8 Å². The summed E-state index contributed by atoms with van der Waals surface area (Å²) in [4.78, 5) is 0. The Labute approximate surface area is 126 Å². The first-order valence-corrected chi connectivity index (χ1v) is 8.18. The maximum absolute atomic E-state index is 3.61. The SMILES string of the molecule is CCCNCC(C)(Cc1ccc(C(C)C)cc1)C(C)C. The molecule has 0 fully saturated rings. The largest absolute Gasteiger partial charge is 0.316 e. The van der Waals surface area contributed by atoms with Crippen LogP contribution in [0, 0.1) is 11.3 Å². The molecule has 0 aromatic heterocycles. The van der Waals surface area contributed by atoms with Crippen molar-refractivity contribution in [3.8, 4) is 0 Å². The van der Waals surface area contributed by atoms with Crippen molar-refractivity contribution in [2.75, 3.05) is 13.1 Å². The van der Waals surface area contributed by atoms with Gasteiger partial charge >= 0.3 is 0 Å². The molecule has 20 heavy (non-hydrogen) atoms. The molecule has 1 unspecified atom stereocenters. The predicted molar refractivity (Wildman–Crippen MR) is 90.3 cm³/mol. The second kappa shape index (κ2) is 7.83. The molecule has 0 spiro atoms. The number of rotatable bonds is 8. The van der Waals surface area contributed by atoms with Crippen LogP contribution in [0.3, 0.4) is 0 Å². The van der Waals surface area contributed by atoms with Crippen molar-refractivity contribution in [1.82, 2.24) is 5.32 Å². The van der Waals surface area contributed by atoms with Crippen LogP contribution in [0.5, 0.6) is 0 Å². The van der Waals surface area contributed by atoms with E-state index < -0.39 is 0 Å². The standard InChI is InChI=1S/C19H33N/c1-7-12-20-14-19(6,16(4)5)13-17-8-10-18(11-9-17)15(2)3/h8-11,15-16,20H,7,12-14H2,1-6H3. The molecule has 0 radical (unpaired) electrons. The second-order valence-corrected chi connectivity index (χ2v) is 7.06. The molecule has 0 saturated heterocycles. The van der Waals surface area contributed by atoms with Crippen molar-refractivity contribution in [2.45, 2.75) is 60.3 Å². The highest BCUT2D eigenvalue weighted by Crippen LogP contribution is 2.31. The summed E-state index contributed by atoms with van der Waals surface area (Å²) in [6, 6.07) is 9.21. The van der Waals surface area contributed by atoms with E-state index in [0.717, 1.165) is 19.5 Å². The van der Waals surface area contributed by atoms with E-state index >= 15 is 0 Å². The lowest BCUT2D eigenvalue weighted by molar-refractivity contribution is 0.207. The van der Waals surface area contributed by atoms with Gasteiger partial charge in [0.05, 0.1) is 0 Å². The first-order valence-electron chi connectivity index (χ1n) is 8.18. The van der Waals surface area contributed by atoms with E-state index in [4.69, 9.17) is 0 Å². The van der Waals surface area contributed by atoms with Gasteiger partial charge in [0.2, 0.25) is 0 Å². The first kappa shape index (κ1) is 17.2. The van der Waals surface area contributed by atoms with Gasteiger partial charge in [-0.2, -0.15) is 0 Å². The quantitative estimate of drug-likeness (QED) is 0.657. The summed E-state index contributed by atoms with van der Waals surface area (Å²) in [5.41, 5.74) is 3.22. The molecule has 0 saturated carbocycles. The summed E-state index contributed by atoms with van der Waals surface area (Å²) in [6.45, 7) is 16.1. The second-order valence-electron chi connectivity index (χ2n) is 7.06. The Morgan fingerprint density at radius 1 is 1.05 bits per heavy atom. The molecule has 1 atom stereocenters. The Morgan fingerprint density at radius 2 is 1.65 bits per heavy atom.